The predicted molar refractivity (Wildman–Crippen MR) is 76.5 cm³/mol. The summed E-state index contributed by atoms with van der Waals surface area (Å²) in [5.41, 5.74) is 0.239. The number of nitrogens with zero attached hydrogens (tertiary/aromatic N) is 2. The van der Waals surface area contributed by atoms with E-state index in [1.54, 1.807) is 0 Å². The van der Waals surface area contributed by atoms with Crippen LogP contribution in [0.3, 0.4) is 0 Å². The molecule has 1 atom stereocenters. The first-order valence-corrected chi connectivity index (χ1v) is 8.33. The second-order valence-corrected chi connectivity index (χ2v) is 7.38. The van der Waals surface area contributed by atoms with E-state index in [2.05, 4.69) is 0 Å². The summed E-state index contributed by atoms with van der Waals surface area (Å²) in [5, 5.41) is 0. The van der Waals surface area contributed by atoms with Crippen LogP contribution >= 0.6 is 0 Å². The lowest BCUT2D eigenvalue weighted by Gasteiger charge is -2.48. The van der Waals surface area contributed by atoms with Crippen molar-refractivity contribution in [3.8, 4) is 0 Å². The van der Waals surface area contributed by atoms with E-state index >= 15 is 0 Å². The fourth-order valence-electron chi connectivity index (χ4n) is 4.54. The Morgan fingerprint density at radius 2 is 2.00 bits per heavy atom. The van der Waals surface area contributed by atoms with E-state index in [-0.39, 0.29) is 23.1 Å². The summed E-state index contributed by atoms with van der Waals surface area (Å²) >= 11 is 0. The zero-order chi connectivity index (χ0) is 14.4. The lowest BCUT2D eigenvalue weighted by molar-refractivity contribution is -0.147. The molecule has 0 aromatic carbocycles. The van der Waals surface area contributed by atoms with Gasteiger partial charge in [0.25, 0.3) is 0 Å². The van der Waals surface area contributed by atoms with Crippen LogP contribution in [0.4, 0.5) is 0 Å². The third-order valence-corrected chi connectivity index (χ3v) is 5.82. The van der Waals surface area contributed by atoms with Gasteiger partial charge in [0.15, 0.2) is 0 Å². The van der Waals surface area contributed by atoms with E-state index < -0.39 is 0 Å². The average Bonchev–Trinajstić information content (AvgIpc) is 3.15. The van der Waals surface area contributed by atoms with Crippen LogP contribution in [0, 0.1) is 11.3 Å². The molecule has 4 aliphatic rings. The van der Waals surface area contributed by atoms with Gasteiger partial charge in [-0.15, -0.1) is 0 Å². The normalized spacial score (nSPS) is 32.2. The van der Waals surface area contributed by atoms with Crippen molar-refractivity contribution in [3.05, 3.63) is 0 Å². The van der Waals surface area contributed by atoms with Crippen molar-refractivity contribution in [2.24, 2.45) is 11.3 Å². The first kappa shape index (κ1) is 13.6. The summed E-state index contributed by atoms with van der Waals surface area (Å²) in [7, 11) is 0. The molecule has 21 heavy (non-hydrogen) atoms. The van der Waals surface area contributed by atoms with E-state index in [1.165, 1.54) is 12.8 Å². The third-order valence-electron chi connectivity index (χ3n) is 5.82. The minimum Gasteiger partial charge on any atom is -0.381 e. The maximum Gasteiger partial charge on any atom is 0.228 e. The van der Waals surface area contributed by atoms with E-state index in [9.17, 15) is 9.59 Å². The Hall–Kier alpha value is -1.10. The third kappa shape index (κ3) is 2.26. The molecule has 1 saturated carbocycles. The van der Waals surface area contributed by atoms with Crippen LogP contribution in [0.1, 0.15) is 38.5 Å². The predicted octanol–water partition coefficient (Wildman–Crippen LogP) is 1.03. The van der Waals surface area contributed by atoms with Crippen LogP contribution < -0.4 is 0 Å². The molecule has 4 rings (SSSR count). The molecule has 1 aliphatic carbocycles. The highest BCUT2D eigenvalue weighted by molar-refractivity contribution is 5.89. The average molecular weight is 292 g/mol. The molecule has 116 valence electrons. The van der Waals surface area contributed by atoms with Crippen molar-refractivity contribution in [3.63, 3.8) is 0 Å². The second-order valence-electron chi connectivity index (χ2n) is 7.38. The summed E-state index contributed by atoms with van der Waals surface area (Å²) < 4.78 is 5.46. The monoisotopic (exact) mass is 292 g/mol. The van der Waals surface area contributed by atoms with Crippen LogP contribution in [-0.4, -0.2) is 60.5 Å². The number of hydrogen-bond acceptors (Lipinski definition) is 3. The molecular formula is C16H24N2O3. The summed E-state index contributed by atoms with van der Waals surface area (Å²) in [5.74, 6) is 0.291. The minimum atomic E-state index is -0.0993. The topological polar surface area (TPSA) is 49.9 Å². The number of rotatable bonds is 2. The van der Waals surface area contributed by atoms with Gasteiger partial charge in [-0.25, -0.2) is 0 Å². The van der Waals surface area contributed by atoms with Crippen LogP contribution in [0.5, 0.6) is 0 Å². The molecule has 3 saturated heterocycles. The van der Waals surface area contributed by atoms with Crippen molar-refractivity contribution >= 4 is 11.8 Å². The highest BCUT2D eigenvalue weighted by atomic mass is 16.5. The Kier molecular flexibility index (Phi) is 3.21. The van der Waals surface area contributed by atoms with E-state index in [0.717, 1.165) is 45.6 Å². The molecule has 0 aromatic heterocycles. The van der Waals surface area contributed by atoms with Crippen molar-refractivity contribution in [1.29, 1.82) is 0 Å². The number of likely N-dealkylation sites (tertiary alicyclic amines) is 2. The van der Waals surface area contributed by atoms with Gasteiger partial charge in [-0.2, -0.15) is 0 Å². The fraction of sp³-hybridized carbons (Fsp3) is 0.875. The lowest BCUT2D eigenvalue weighted by atomic mass is 9.78. The number of hydrogen-bond donors (Lipinski definition) is 0. The minimum absolute atomic E-state index is 0.0993. The van der Waals surface area contributed by atoms with Gasteiger partial charge in [-0.3, -0.25) is 9.59 Å². The maximum atomic E-state index is 12.6. The van der Waals surface area contributed by atoms with Gasteiger partial charge in [-0.1, -0.05) is 12.8 Å². The molecule has 4 fully saturated rings. The largest absolute Gasteiger partial charge is 0.381 e. The van der Waals surface area contributed by atoms with Gasteiger partial charge in [0.1, 0.15) is 0 Å². The lowest BCUT2D eigenvalue weighted by Crippen LogP contribution is -2.60. The number of ether oxygens (including phenoxy) is 1. The highest BCUT2D eigenvalue weighted by Crippen LogP contribution is 2.40. The van der Waals surface area contributed by atoms with Gasteiger partial charge < -0.3 is 14.5 Å². The van der Waals surface area contributed by atoms with Gasteiger partial charge in [-0.05, 0) is 19.3 Å². The van der Waals surface area contributed by atoms with Crippen LogP contribution in [0.25, 0.3) is 0 Å². The number of carbonyl (C=O) groups excluding carboxylic acids is 2. The smallest absolute Gasteiger partial charge is 0.228 e. The molecule has 1 unspecified atom stereocenters. The quantitative estimate of drug-likeness (QED) is 0.764. The molecule has 3 aliphatic heterocycles. The van der Waals surface area contributed by atoms with Crippen LogP contribution in [0.2, 0.25) is 0 Å². The van der Waals surface area contributed by atoms with Crippen LogP contribution in [0.15, 0.2) is 0 Å². The van der Waals surface area contributed by atoms with E-state index in [1.807, 2.05) is 9.80 Å². The van der Waals surface area contributed by atoms with E-state index in [0.29, 0.717) is 19.0 Å². The van der Waals surface area contributed by atoms with Gasteiger partial charge >= 0.3 is 0 Å². The van der Waals surface area contributed by atoms with Crippen LogP contribution in [-0.2, 0) is 14.3 Å². The van der Waals surface area contributed by atoms with Crippen molar-refractivity contribution < 1.29 is 14.3 Å². The number of amides is 2. The highest BCUT2D eigenvalue weighted by Gasteiger charge is 2.50. The maximum absolute atomic E-state index is 12.6. The Morgan fingerprint density at radius 1 is 1.24 bits per heavy atom. The molecule has 0 bridgehead atoms. The summed E-state index contributed by atoms with van der Waals surface area (Å²) in [6.07, 6.45) is 6.20. The molecule has 5 heteroatoms. The molecule has 0 radical (unpaired) electrons. The molecule has 2 amide bonds. The van der Waals surface area contributed by atoms with Crippen molar-refractivity contribution in [2.75, 3.05) is 32.8 Å². The molecule has 5 nitrogen and oxygen atoms in total. The summed E-state index contributed by atoms with van der Waals surface area (Å²) in [4.78, 5) is 28.7. The molecule has 1 spiro atoms. The molecule has 0 N–H and O–H groups in total. The summed E-state index contributed by atoms with van der Waals surface area (Å²) in [6.45, 7) is 3.95. The van der Waals surface area contributed by atoms with Gasteiger partial charge in [0.2, 0.25) is 11.8 Å². The molecule has 0 aromatic rings. The molecule has 3 heterocycles. The Balaban J connectivity index is 1.35. The second kappa shape index (κ2) is 4.97. The first-order valence-electron chi connectivity index (χ1n) is 8.33. The SMILES string of the molecule is O=C(C1CC(=O)N(C2CCCC2)C1)N1CC2(CCOC2)C1. The zero-order valence-electron chi connectivity index (χ0n) is 12.6. The van der Waals surface area contributed by atoms with Crippen molar-refractivity contribution in [2.45, 2.75) is 44.6 Å². The van der Waals surface area contributed by atoms with E-state index in [4.69, 9.17) is 4.74 Å². The first-order chi connectivity index (χ1) is 10.2. The number of carbonyl (C=O) groups is 2. The zero-order valence-corrected chi connectivity index (χ0v) is 12.6. The Labute approximate surface area is 125 Å². The van der Waals surface area contributed by atoms with Gasteiger partial charge in [0, 0.05) is 44.1 Å². The Bertz CT molecular complexity index is 444. The summed E-state index contributed by atoms with van der Waals surface area (Å²) in [6, 6.07) is 0.404. The standard InChI is InChI=1S/C16H24N2O3/c19-14-7-12(8-18(14)13-3-1-2-4-13)15(20)17-9-16(10-17)5-6-21-11-16/h12-13H,1-11H2. The Morgan fingerprint density at radius 3 is 2.67 bits per heavy atom. The molecular weight excluding hydrogens is 268 g/mol. The van der Waals surface area contributed by atoms with Crippen molar-refractivity contribution in [1.82, 2.24) is 9.80 Å². The fourth-order valence-corrected chi connectivity index (χ4v) is 4.54. The van der Waals surface area contributed by atoms with Gasteiger partial charge in [0.05, 0.1) is 12.5 Å².